The van der Waals surface area contributed by atoms with E-state index in [-0.39, 0.29) is 0 Å². The fraction of sp³-hybridized carbons (Fsp3) is 0.545. The first-order chi connectivity index (χ1) is 8.19. The summed E-state index contributed by atoms with van der Waals surface area (Å²) >= 11 is 0. The van der Waals surface area contributed by atoms with Gasteiger partial charge < -0.3 is 4.52 Å². The Morgan fingerprint density at radius 2 is 2.24 bits per heavy atom. The lowest BCUT2D eigenvalue weighted by Gasteiger charge is -2.13. The van der Waals surface area contributed by atoms with Crippen molar-refractivity contribution in [1.29, 1.82) is 0 Å². The summed E-state index contributed by atoms with van der Waals surface area (Å²) < 4.78 is 6.69. The molecule has 17 heavy (non-hydrogen) atoms. The van der Waals surface area contributed by atoms with E-state index in [1.165, 1.54) is 0 Å². The third-order valence-corrected chi connectivity index (χ3v) is 2.59. The SMILES string of the molecule is CCc1nocc1CN(C)Cc1cn(C)nn1. The maximum atomic E-state index is 4.98. The van der Waals surface area contributed by atoms with E-state index >= 15 is 0 Å². The highest BCUT2D eigenvalue weighted by Crippen LogP contribution is 2.11. The van der Waals surface area contributed by atoms with E-state index in [9.17, 15) is 0 Å². The fourth-order valence-electron chi connectivity index (χ4n) is 1.79. The zero-order chi connectivity index (χ0) is 12.3. The molecule has 6 nitrogen and oxygen atoms in total. The van der Waals surface area contributed by atoms with Gasteiger partial charge in [0, 0.05) is 31.9 Å². The van der Waals surface area contributed by atoms with Gasteiger partial charge >= 0.3 is 0 Å². The smallest absolute Gasteiger partial charge is 0.128 e. The van der Waals surface area contributed by atoms with Crippen LogP contribution in [-0.2, 0) is 26.6 Å². The first-order valence-electron chi connectivity index (χ1n) is 5.65. The van der Waals surface area contributed by atoms with Crippen molar-refractivity contribution in [3.63, 3.8) is 0 Å². The number of hydrogen-bond donors (Lipinski definition) is 0. The van der Waals surface area contributed by atoms with E-state index in [2.05, 4.69) is 27.3 Å². The Labute approximate surface area is 100 Å². The summed E-state index contributed by atoms with van der Waals surface area (Å²) in [5, 5.41) is 11.9. The molecule has 2 rings (SSSR count). The summed E-state index contributed by atoms with van der Waals surface area (Å²) in [6.07, 6.45) is 4.53. The van der Waals surface area contributed by atoms with Crippen LogP contribution in [0.3, 0.4) is 0 Å². The van der Waals surface area contributed by atoms with Gasteiger partial charge in [-0.25, -0.2) is 0 Å². The summed E-state index contributed by atoms with van der Waals surface area (Å²) in [5.74, 6) is 0. The maximum absolute atomic E-state index is 4.98. The Kier molecular flexibility index (Phi) is 3.53. The second-order valence-corrected chi connectivity index (χ2v) is 4.20. The Morgan fingerprint density at radius 3 is 2.88 bits per heavy atom. The highest BCUT2D eigenvalue weighted by molar-refractivity contribution is 5.14. The monoisotopic (exact) mass is 235 g/mol. The van der Waals surface area contributed by atoms with E-state index in [1.807, 2.05) is 20.3 Å². The van der Waals surface area contributed by atoms with Crippen molar-refractivity contribution in [3.05, 3.63) is 29.4 Å². The van der Waals surface area contributed by atoms with Gasteiger partial charge in [0.2, 0.25) is 0 Å². The minimum Gasteiger partial charge on any atom is -0.364 e. The first kappa shape index (κ1) is 11.8. The van der Waals surface area contributed by atoms with Gasteiger partial charge in [0.1, 0.15) is 6.26 Å². The lowest BCUT2D eigenvalue weighted by Crippen LogP contribution is -2.18. The Morgan fingerprint density at radius 1 is 1.41 bits per heavy atom. The normalized spacial score (nSPS) is 11.3. The van der Waals surface area contributed by atoms with Crippen LogP contribution >= 0.6 is 0 Å². The molecule has 0 aliphatic carbocycles. The van der Waals surface area contributed by atoms with E-state index in [1.54, 1.807) is 10.9 Å². The van der Waals surface area contributed by atoms with Crippen molar-refractivity contribution in [2.24, 2.45) is 7.05 Å². The number of nitrogens with zero attached hydrogens (tertiary/aromatic N) is 5. The molecule has 0 aliphatic heterocycles. The van der Waals surface area contributed by atoms with Crippen LogP contribution in [0.5, 0.6) is 0 Å². The van der Waals surface area contributed by atoms with Crippen LogP contribution in [0, 0.1) is 0 Å². The molecule has 0 aromatic carbocycles. The highest BCUT2D eigenvalue weighted by Gasteiger charge is 2.10. The number of aromatic nitrogens is 4. The maximum Gasteiger partial charge on any atom is 0.128 e. The fourth-order valence-corrected chi connectivity index (χ4v) is 1.79. The van der Waals surface area contributed by atoms with Gasteiger partial charge in [0.05, 0.1) is 11.4 Å². The predicted octanol–water partition coefficient (Wildman–Crippen LogP) is 0.997. The number of hydrogen-bond acceptors (Lipinski definition) is 5. The van der Waals surface area contributed by atoms with Crippen LogP contribution in [0.1, 0.15) is 23.9 Å². The van der Waals surface area contributed by atoms with Gasteiger partial charge in [0.25, 0.3) is 0 Å². The molecular formula is C11H17N5O. The quantitative estimate of drug-likeness (QED) is 0.773. The minimum absolute atomic E-state index is 0.766. The predicted molar refractivity (Wildman–Crippen MR) is 62.1 cm³/mol. The van der Waals surface area contributed by atoms with Gasteiger partial charge in [-0.3, -0.25) is 9.58 Å². The summed E-state index contributed by atoms with van der Waals surface area (Å²) in [6.45, 7) is 3.65. The molecule has 0 radical (unpaired) electrons. The molecule has 0 fully saturated rings. The summed E-state index contributed by atoms with van der Waals surface area (Å²) in [5.41, 5.74) is 3.12. The Bertz CT molecular complexity index is 476. The van der Waals surface area contributed by atoms with E-state index in [0.717, 1.165) is 36.5 Å². The Hall–Kier alpha value is -1.69. The van der Waals surface area contributed by atoms with Crippen molar-refractivity contribution < 1.29 is 4.52 Å². The molecule has 0 unspecified atom stereocenters. The lowest BCUT2D eigenvalue weighted by atomic mass is 10.2. The molecule has 0 bridgehead atoms. The third kappa shape index (κ3) is 2.91. The van der Waals surface area contributed by atoms with Crippen molar-refractivity contribution in [2.75, 3.05) is 7.05 Å². The van der Waals surface area contributed by atoms with Crippen LogP contribution in [0.25, 0.3) is 0 Å². The standard InChI is InChI=1S/C11H17N5O/c1-4-11-9(8-17-13-11)5-15(2)6-10-7-16(3)14-12-10/h7-8H,4-6H2,1-3H3. The largest absolute Gasteiger partial charge is 0.364 e. The van der Waals surface area contributed by atoms with Gasteiger partial charge in [0.15, 0.2) is 0 Å². The second-order valence-electron chi connectivity index (χ2n) is 4.20. The van der Waals surface area contributed by atoms with Gasteiger partial charge in [-0.15, -0.1) is 5.10 Å². The topological polar surface area (TPSA) is 60.0 Å². The molecule has 0 saturated carbocycles. The molecule has 6 heteroatoms. The van der Waals surface area contributed by atoms with Crippen LogP contribution in [0.4, 0.5) is 0 Å². The average molecular weight is 235 g/mol. The zero-order valence-corrected chi connectivity index (χ0v) is 10.4. The molecule has 0 aliphatic rings. The van der Waals surface area contributed by atoms with Crippen LogP contribution < -0.4 is 0 Å². The van der Waals surface area contributed by atoms with Gasteiger partial charge in [-0.1, -0.05) is 17.3 Å². The van der Waals surface area contributed by atoms with E-state index in [4.69, 9.17) is 4.52 Å². The van der Waals surface area contributed by atoms with Crippen LogP contribution in [0.2, 0.25) is 0 Å². The number of rotatable bonds is 5. The van der Waals surface area contributed by atoms with Crippen molar-refractivity contribution in [2.45, 2.75) is 26.4 Å². The highest BCUT2D eigenvalue weighted by atomic mass is 16.5. The molecule has 0 N–H and O–H groups in total. The minimum atomic E-state index is 0.766. The molecule has 0 saturated heterocycles. The summed E-state index contributed by atoms with van der Waals surface area (Å²) in [4.78, 5) is 2.16. The molecular weight excluding hydrogens is 218 g/mol. The molecule has 0 atom stereocenters. The third-order valence-electron chi connectivity index (χ3n) is 2.59. The summed E-state index contributed by atoms with van der Waals surface area (Å²) in [6, 6.07) is 0. The lowest BCUT2D eigenvalue weighted by molar-refractivity contribution is 0.313. The van der Waals surface area contributed by atoms with Gasteiger partial charge in [-0.2, -0.15) is 0 Å². The summed E-state index contributed by atoms with van der Waals surface area (Å²) in [7, 11) is 3.91. The molecule has 92 valence electrons. The number of aryl methyl sites for hydroxylation is 2. The molecule has 2 heterocycles. The van der Waals surface area contributed by atoms with Crippen LogP contribution in [0.15, 0.2) is 17.0 Å². The van der Waals surface area contributed by atoms with E-state index in [0.29, 0.717) is 0 Å². The molecule has 2 aromatic rings. The molecule has 2 aromatic heterocycles. The molecule has 0 amide bonds. The first-order valence-corrected chi connectivity index (χ1v) is 5.65. The van der Waals surface area contributed by atoms with Crippen LogP contribution in [-0.4, -0.2) is 32.1 Å². The molecule has 0 spiro atoms. The van der Waals surface area contributed by atoms with Crippen molar-refractivity contribution >= 4 is 0 Å². The zero-order valence-electron chi connectivity index (χ0n) is 10.4. The average Bonchev–Trinajstić information content (AvgIpc) is 2.87. The van der Waals surface area contributed by atoms with E-state index < -0.39 is 0 Å². The van der Waals surface area contributed by atoms with Crippen molar-refractivity contribution in [1.82, 2.24) is 25.1 Å². The second kappa shape index (κ2) is 5.09. The Balaban J connectivity index is 1.95. The van der Waals surface area contributed by atoms with Gasteiger partial charge in [-0.05, 0) is 13.5 Å². The van der Waals surface area contributed by atoms with Crippen molar-refractivity contribution in [3.8, 4) is 0 Å².